The third kappa shape index (κ3) is 3.16. The van der Waals surface area contributed by atoms with E-state index in [0.29, 0.717) is 15.6 Å². The van der Waals surface area contributed by atoms with E-state index in [1.165, 1.54) is 6.07 Å². The summed E-state index contributed by atoms with van der Waals surface area (Å²) in [7, 11) is 0. The van der Waals surface area contributed by atoms with Crippen molar-refractivity contribution in [3.63, 3.8) is 0 Å². The molecule has 0 aliphatic rings. The van der Waals surface area contributed by atoms with Gasteiger partial charge >= 0.3 is 0 Å². The Hall–Kier alpha value is -1.17. The number of halogens is 2. The average molecular weight is 242 g/mol. The molecule has 1 atom stereocenters. The van der Waals surface area contributed by atoms with Gasteiger partial charge in [-0.25, -0.2) is 0 Å². The molecule has 4 heteroatoms. The summed E-state index contributed by atoms with van der Waals surface area (Å²) in [5.74, 6) is 2.14. The zero-order valence-corrected chi connectivity index (χ0v) is 9.56. The van der Waals surface area contributed by atoms with Crippen molar-refractivity contribution in [3.8, 4) is 12.3 Å². The predicted octanol–water partition coefficient (Wildman–Crippen LogP) is 2.74. The van der Waals surface area contributed by atoms with Gasteiger partial charge in [-0.3, -0.25) is 4.79 Å². The van der Waals surface area contributed by atoms with Crippen LogP contribution >= 0.6 is 23.2 Å². The van der Waals surface area contributed by atoms with E-state index in [0.717, 1.165) is 0 Å². The van der Waals surface area contributed by atoms with Crippen molar-refractivity contribution in [3.05, 3.63) is 33.8 Å². The lowest BCUT2D eigenvalue weighted by atomic mass is 10.2. The summed E-state index contributed by atoms with van der Waals surface area (Å²) in [5, 5.41) is 3.38. The predicted molar refractivity (Wildman–Crippen MR) is 62.2 cm³/mol. The Labute approximate surface area is 98.6 Å². The molecule has 0 bridgehead atoms. The molecule has 0 aromatic heterocycles. The molecule has 15 heavy (non-hydrogen) atoms. The molecule has 0 heterocycles. The molecule has 0 fully saturated rings. The van der Waals surface area contributed by atoms with Crippen LogP contribution in [-0.2, 0) is 0 Å². The molecule has 1 aromatic carbocycles. The monoisotopic (exact) mass is 241 g/mol. The van der Waals surface area contributed by atoms with Crippen molar-refractivity contribution in [2.45, 2.75) is 13.0 Å². The smallest absolute Gasteiger partial charge is 0.252 e. The van der Waals surface area contributed by atoms with E-state index >= 15 is 0 Å². The van der Waals surface area contributed by atoms with E-state index in [1.54, 1.807) is 19.1 Å². The molecular weight excluding hydrogens is 233 g/mol. The first-order valence-electron chi connectivity index (χ1n) is 4.26. The molecule has 2 nitrogen and oxygen atoms in total. The standard InChI is InChI=1S/C11H9Cl2NO/c1-3-7(2)14-11(15)8-4-5-9(12)10(13)6-8/h1,4-7H,2H3,(H,14,15). The van der Waals surface area contributed by atoms with Gasteiger partial charge in [0, 0.05) is 5.56 Å². The summed E-state index contributed by atoms with van der Waals surface area (Å²) in [6.07, 6.45) is 5.14. The minimum atomic E-state index is -0.313. The number of terminal acetylenes is 1. The Morgan fingerprint density at radius 3 is 2.67 bits per heavy atom. The summed E-state index contributed by atoms with van der Waals surface area (Å²) >= 11 is 11.5. The minimum Gasteiger partial charge on any atom is -0.339 e. The lowest BCUT2D eigenvalue weighted by Gasteiger charge is -2.08. The fraction of sp³-hybridized carbons (Fsp3) is 0.182. The zero-order valence-electron chi connectivity index (χ0n) is 8.05. The first kappa shape index (κ1) is 11.9. The van der Waals surface area contributed by atoms with Gasteiger partial charge in [0.15, 0.2) is 0 Å². The lowest BCUT2D eigenvalue weighted by Crippen LogP contribution is -2.31. The van der Waals surface area contributed by atoms with Crippen molar-refractivity contribution in [1.82, 2.24) is 5.32 Å². The van der Waals surface area contributed by atoms with E-state index < -0.39 is 0 Å². The van der Waals surface area contributed by atoms with Crippen LogP contribution in [0, 0.1) is 12.3 Å². The van der Waals surface area contributed by atoms with Crippen molar-refractivity contribution in [2.24, 2.45) is 0 Å². The highest BCUT2D eigenvalue weighted by Crippen LogP contribution is 2.22. The second-order valence-corrected chi connectivity index (χ2v) is 3.81. The second kappa shape index (κ2) is 5.06. The van der Waals surface area contributed by atoms with E-state index in [4.69, 9.17) is 29.6 Å². The Kier molecular flexibility index (Phi) is 4.02. The molecule has 0 radical (unpaired) electrons. The summed E-state index contributed by atoms with van der Waals surface area (Å²) in [5.41, 5.74) is 0.437. The summed E-state index contributed by atoms with van der Waals surface area (Å²) in [6.45, 7) is 1.72. The first-order chi connectivity index (χ1) is 7.04. The minimum absolute atomic E-state index is 0.265. The largest absolute Gasteiger partial charge is 0.339 e. The van der Waals surface area contributed by atoms with Gasteiger partial charge in [0.1, 0.15) is 0 Å². The topological polar surface area (TPSA) is 29.1 Å². The Morgan fingerprint density at radius 1 is 1.47 bits per heavy atom. The van der Waals surface area contributed by atoms with Gasteiger partial charge < -0.3 is 5.32 Å². The van der Waals surface area contributed by atoms with Crippen LogP contribution in [0.15, 0.2) is 18.2 Å². The summed E-state index contributed by atoms with van der Waals surface area (Å²) in [6, 6.07) is 4.35. The van der Waals surface area contributed by atoms with Crippen LogP contribution in [0.3, 0.4) is 0 Å². The summed E-state index contributed by atoms with van der Waals surface area (Å²) < 4.78 is 0. The molecule has 1 unspecified atom stereocenters. The van der Waals surface area contributed by atoms with Gasteiger partial charge in [-0.2, -0.15) is 0 Å². The second-order valence-electron chi connectivity index (χ2n) is 2.99. The van der Waals surface area contributed by atoms with Crippen LogP contribution in [0.2, 0.25) is 10.0 Å². The number of hydrogen-bond acceptors (Lipinski definition) is 1. The van der Waals surface area contributed by atoms with Gasteiger partial charge in [-0.05, 0) is 25.1 Å². The molecule has 0 aliphatic carbocycles. The fourth-order valence-electron chi connectivity index (χ4n) is 0.959. The average Bonchev–Trinajstić information content (AvgIpc) is 2.21. The molecule has 0 saturated heterocycles. The van der Waals surface area contributed by atoms with E-state index in [2.05, 4.69) is 11.2 Å². The highest BCUT2D eigenvalue weighted by molar-refractivity contribution is 6.42. The van der Waals surface area contributed by atoms with Crippen LogP contribution in [0.5, 0.6) is 0 Å². The zero-order chi connectivity index (χ0) is 11.4. The number of nitrogens with one attached hydrogen (secondary N) is 1. The van der Waals surface area contributed by atoms with E-state index in [-0.39, 0.29) is 11.9 Å². The van der Waals surface area contributed by atoms with Crippen molar-refractivity contribution in [1.29, 1.82) is 0 Å². The Morgan fingerprint density at radius 2 is 2.13 bits per heavy atom. The Bertz CT molecular complexity index is 423. The lowest BCUT2D eigenvalue weighted by molar-refractivity contribution is 0.0948. The molecule has 0 spiro atoms. The maximum Gasteiger partial charge on any atom is 0.252 e. The highest BCUT2D eigenvalue weighted by atomic mass is 35.5. The Balaban J connectivity index is 2.84. The first-order valence-corrected chi connectivity index (χ1v) is 5.02. The van der Waals surface area contributed by atoms with Gasteiger partial charge in [0.05, 0.1) is 16.1 Å². The van der Waals surface area contributed by atoms with Crippen LogP contribution < -0.4 is 5.32 Å². The molecule has 1 aromatic rings. The molecule has 1 amide bonds. The molecule has 0 aliphatic heterocycles. The number of rotatable bonds is 2. The maximum absolute atomic E-state index is 11.6. The van der Waals surface area contributed by atoms with Crippen molar-refractivity contribution < 1.29 is 4.79 Å². The van der Waals surface area contributed by atoms with Crippen LogP contribution in [0.25, 0.3) is 0 Å². The highest BCUT2D eigenvalue weighted by Gasteiger charge is 2.09. The number of carbonyl (C=O) groups is 1. The van der Waals surface area contributed by atoms with Crippen LogP contribution in [0.4, 0.5) is 0 Å². The molecule has 1 N–H and O–H groups in total. The van der Waals surface area contributed by atoms with Crippen molar-refractivity contribution >= 4 is 29.1 Å². The number of benzene rings is 1. The normalized spacial score (nSPS) is 11.6. The quantitative estimate of drug-likeness (QED) is 0.794. The van der Waals surface area contributed by atoms with Crippen molar-refractivity contribution in [2.75, 3.05) is 0 Å². The number of carbonyl (C=O) groups excluding carboxylic acids is 1. The number of hydrogen-bond donors (Lipinski definition) is 1. The van der Waals surface area contributed by atoms with Crippen LogP contribution in [-0.4, -0.2) is 11.9 Å². The summed E-state index contributed by atoms with van der Waals surface area (Å²) in [4.78, 5) is 11.6. The fourth-order valence-corrected chi connectivity index (χ4v) is 1.26. The van der Waals surface area contributed by atoms with Gasteiger partial charge in [0.2, 0.25) is 0 Å². The maximum atomic E-state index is 11.6. The van der Waals surface area contributed by atoms with E-state index in [1.807, 2.05) is 0 Å². The van der Waals surface area contributed by atoms with Gasteiger partial charge in [-0.1, -0.05) is 29.1 Å². The van der Waals surface area contributed by atoms with E-state index in [9.17, 15) is 4.79 Å². The van der Waals surface area contributed by atoms with Gasteiger partial charge in [-0.15, -0.1) is 6.42 Å². The third-order valence-corrected chi connectivity index (χ3v) is 2.52. The van der Waals surface area contributed by atoms with Crippen LogP contribution in [0.1, 0.15) is 17.3 Å². The number of amides is 1. The van der Waals surface area contributed by atoms with Gasteiger partial charge in [0.25, 0.3) is 5.91 Å². The molecule has 1 rings (SSSR count). The molecule has 78 valence electrons. The SMILES string of the molecule is C#CC(C)NC(=O)c1ccc(Cl)c(Cl)c1. The molecule has 0 saturated carbocycles. The molecular formula is C11H9Cl2NO. The third-order valence-electron chi connectivity index (χ3n) is 1.78.